The number of hydrogen-bond acceptors (Lipinski definition) is 2. The van der Waals surface area contributed by atoms with Gasteiger partial charge in [-0.3, -0.25) is 10.1 Å². The summed E-state index contributed by atoms with van der Waals surface area (Å²) in [4.78, 5) is 7.53. The first-order chi connectivity index (χ1) is 7.42. The van der Waals surface area contributed by atoms with E-state index in [4.69, 9.17) is 0 Å². The van der Waals surface area contributed by atoms with Crippen molar-refractivity contribution in [2.75, 3.05) is 0 Å². The van der Waals surface area contributed by atoms with Crippen molar-refractivity contribution in [3.63, 3.8) is 0 Å². The van der Waals surface area contributed by atoms with Crippen LogP contribution in [0.25, 0.3) is 0 Å². The molecule has 0 aromatic carbocycles. The van der Waals surface area contributed by atoms with Crippen molar-refractivity contribution in [1.29, 1.82) is 0 Å². The van der Waals surface area contributed by atoms with Gasteiger partial charge in [-0.15, -0.1) is 0 Å². The largest absolute Gasteiger partial charge is 0.479 e. The van der Waals surface area contributed by atoms with Gasteiger partial charge in [-0.1, -0.05) is 0 Å². The molecule has 1 aliphatic rings. The lowest BCUT2D eigenvalue weighted by Gasteiger charge is -2.38. The maximum atomic E-state index is 13.3. The lowest BCUT2D eigenvalue weighted by molar-refractivity contribution is -0.636. The van der Waals surface area contributed by atoms with E-state index in [1.54, 1.807) is 0 Å². The number of nitrogens with zero attached hydrogens (tertiary/aromatic N) is 1. The number of alkyl halides is 5. The van der Waals surface area contributed by atoms with Gasteiger partial charge in [0.15, 0.2) is 12.0 Å². The summed E-state index contributed by atoms with van der Waals surface area (Å²) in [6, 6.07) is 0. The predicted octanol–water partition coefficient (Wildman–Crippen LogP) is 2.79. The molecule has 0 radical (unpaired) electrons. The fraction of sp³-hybridized carbons (Fsp3) is 0.714. The highest BCUT2D eigenvalue weighted by atomic mass is 19.3. The van der Waals surface area contributed by atoms with Gasteiger partial charge in [-0.25, -0.2) is 13.2 Å². The Hall–Kier alpha value is -1.35. The molecule has 1 rings (SSSR count). The van der Waals surface area contributed by atoms with Crippen LogP contribution < -0.4 is 0 Å². The third-order valence-corrected chi connectivity index (χ3v) is 2.48. The van der Waals surface area contributed by atoms with Gasteiger partial charge < -0.3 is 0 Å². The van der Waals surface area contributed by atoms with Gasteiger partial charge >= 0.3 is 11.7 Å². The van der Waals surface area contributed by atoms with Crippen LogP contribution in [-0.2, 0) is 0 Å². The average Bonchev–Trinajstić information content (AvgIpc) is 2.22. The number of hydrogen-bond donors (Lipinski definition) is 0. The summed E-state index contributed by atoms with van der Waals surface area (Å²) in [7, 11) is 0. The van der Waals surface area contributed by atoms with E-state index in [1.807, 2.05) is 0 Å². The van der Waals surface area contributed by atoms with E-state index in [-0.39, 0.29) is 6.92 Å². The Morgan fingerprint density at radius 2 is 1.65 bits per heavy atom. The van der Waals surface area contributed by atoms with E-state index in [2.05, 4.69) is 0 Å². The molecule has 0 amide bonds. The lowest BCUT2D eigenvalue weighted by Crippen LogP contribution is -2.67. The van der Waals surface area contributed by atoms with Gasteiger partial charge in [0.1, 0.15) is 0 Å². The molecule has 0 aliphatic heterocycles. The normalized spacial score (nSPS) is 41.5. The standard InChI is InChI=1S/C7H4F7NO2/c1-5(11)3(9)2(8)4(10)6(12,15(16)17)7(5,13)14/h3H,1H3. The maximum Gasteiger partial charge on any atom is 0.479 e. The Labute approximate surface area is 89.0 Å². The Bertz CT molecular complexity index is 407. The summed E-state index contributed by atoms with van der Waals surface area (Å²) in [6.07, 6.45) is -3.83. The summed E-state index contributed by atoms with van der Waals surface area (Å²) in [5.41, 5.74) is -4.59. The zero-order valence-corrected chi connectivity index (χ0v) is 7.99. The fourth-order valence-corrected chi connectivity index (χ4v) is 1.32. The van der Waals surface area contributed by atoms with Crippen LogP contribution >= 0.6 is 0 Å². The number of nitro groups is 1. The molecule has 0 aromatic rings. The van der Waals surface area contributed by atoms with Crippen molar-refractivity contribution < 1.29 is 35.7 Å². The van der Waals surface area contributed by atoms with Crippen LogP contribution in [0.2, 0.25) is 0 Å². The molecule has 0 saturated heterocycles. The highest BCUT2D eigenvalue weighted by Gasteiger charge is 2.84. The molecule has 0 N–H and O–H groups in total. The summed E-state index contributed by atoms with van der Waals surface area (Å²) in [5, 5.41) is 10.1. The smallest absolute Gasteiger partial charge is 0.261 e. The Kier molecular flexibility index (Phi) is 2.68. The number of allylic oxidation sites excluding steroid dienone is 1. The Morgan fingerprint density at radius 1 is 1.24 bits per heavy atom. The molecule has 1 aliphatic carbocycles. The highest BCUT2D eigenvalue weighted by molar-refractivity contribution is 5.29. The topological polar surface area (TPSA) is 43.1 Å². The molecule has 0 aromatic heterocycles. The molecular weight excluding hydrogens is 263 g/mol. The van der Waals surface area contributed by atoms with E-state index in [9.17, 15) is 40.8 Å². The van der Waals surface area contributed by atoms with Gasteiger partial charge in [0.05, 0.1) is 4.92 Å². The number of halogens is 7. The van der Waals surface area contributed by atoms with Crippen molar-refractivity contribution >= 4 is 0 Å². The predicted molar refractivity (Wildman–Crippen MR) is 39.4 cm³/mol. The van der Waals surface area contributed by atoms with Gasteiger partial charge in [-0.05, 0) is 6.92 Å². The Morgan fingerprint density at radius 3 is 2.00 bits per heavy atom. The molecule has 0 spiro atoms. The van der Waals surface area contributed by atoms with Crippen molar-refractivity contribution in [2.24, 2.45) is 0 Å². The van der Waals surface area contributed by atoms with Crippen LogP contribution in [0.15, 0.2) is 11.7 Å². The van der Waals surface area contributed by atoms with Crippen LogP contribution in [-0.4, -0.2) is 28.5 Å². The molecule has 3 unspecified atom stereocenters. The third-order valence-electron chi connectivity index (χ3n) is 2.48. The molecule has 3 atom stereocenters. The minimum absolute atomic E-state index is 0.290. The van der Waals surface area contributed by atoms with Crippen molar-refractivity contribution in [3.05, 3.63) is 21.8 Å². The van der Waals surface area contributed by atoms with E-state index in [1.165, 1.54) is 0 Å². The molecule has 98 valence electrons. The second kappa shape index (κ2) is 3.33. The summed E-state index contributed by atoms with van der Waals surface area (Å²) in [5.74, 6) is -17.3. The third kappa shape index (κ3) is 1.29. The van der Waals surface area contributed by atoms with Gasteiger partial charge in [-0.2, -0.15) is 17.6 Å². The average molecular weight is 267 g/mol. The second-order valence-electron chi connectivity index (χ2n) is 3.55. The minimum Gasteiger partial charge on any atom is -0.261 e. The van der Waals surface area contributed by atoms with Crippen LogP contribution in [0.4, 0.5) is 30.7 Å². The first kappa shape index (κ1) is 13.7. The van der Waals surface area contributed by atoms with E-state index in [0.29, 0.717) is 0 Å². The summed E-state index contributed by atoms with van der Waals surface area (Å²) >= 11 is 0. The van der Waals surface area contributed by atoms with Gasteiger partial charge in [0, 0.05) is 0 Å². The second-order valence-corrected chi connectivity index (χ2v) is 3.55. The molecule has 3 nitrogen and oxygen atoms in total. The van der Waals surface area contributed by atoms with Crippen molar-refractivity contribution in [2.45, 2.75) is 30.5 Å². The van der Waals surface area contributed by atoms with Crippen LogP contribution in [0.1, 0.15) is 6.92 Å². The van der Waals surface area contributed by atoms with Gasteiger partial charge in [0.25, 0.3) is 5.83 Å². The van der Waals surface area contributed by atoms with Crippen LogP contribution in [0, 0.1) is 10.1 Å². The molecule has 0 fully saturated rings. The van der Waals surface area contributed by atoms with Crippen molar-refractivity contribution in [3.8, 4) is 0 Å². The van der Waals surface area contributed by atoms with Gasteiger partial charge in [0.2, 0.25) is 5.67 Å². The first-order valence-electron chi connectivity index (χ1n) is 4.02. The Balaban J connectivity index is 3.66. The zero-order valence-electron chi connectivity index (χ0n) is 7.99. The summed E-state index contributed by atoms with van der Waals surface area (Å²) < 4.78 is 90.9. The quantitative estimate of drug-likeness (QED) is 0.317. The SMILES string of the molecule is CC1(F)C(F)C(F)=C(F)C(F)([N+](=O)[O-])C1(F)F. The van der Waals surface area contributed by atoms with Crippen molar-refractivity contribution in [1.82, 2.24) is 0 Å². The van der Waals surface area contributed by atoms with E-state index < -0.39 is 40.1 Å². The molecule has 17 heavy (non-hydrogen) atoms. The lowest BCUT2D eigenvalue weighted by atomic mass is 9.81. The number of rotatable bonds is 1. The maximum absolute atomic E-state index is 13.3. The highest BCUT2D eigenvalue weighted by Crippen LogP contribution is 2.56. The van der Waals surface area contributed by atoms with E-state index in [0.717, 1.165) is 0 Å². The minimum atomic E-state index is -5.71. The zero-order chi connectivity index (χ0) is 13.8. The molecule has 10 heteroatoms. The monoisotopic (exact) mass is 267 g/mol. The molecule has 0 saturated carbocycles. The molecule has 0 bridgehead atoms. The summed E-state index contributed by atoms with van der Waals surface area (Å²) in [6.45, 7) is -0.290. The fourth-order valence-electron chi connectivity index (χ4n) is 1.32. The molecular formula is C7H4F7NO2. The van der Waals surface area contributed by atoms with Crippen LogP contribution in [0.5, 0.6) is 0 Å². The van der Waals surface area contributed by atoms with Crippen LogP contribution in [0.3, 0.4) is 0 Å². The molecule has 0 heterocycles. The van der Waals surface area contributed by atoms with E-state index >= 15 is 0 Å². The first-order valence-corrected chi connectivity index (χ1v) is 4.02.